The molecule has 1 amide bonds. The highest BCUT2D eigenvalue weighted by Crippen LogP contribution is 2.27. The highest BCUT2D eigenvalue weighted by atomic mass is 32.1. The molecule has 2 aromatic carbocycles. The first-order valence-electron chi connectivity index (χ1n) is 10.6. The molecule has 6 nitrogen and oxygen atoms in total. The third kappa shape index (κ3) is 5.22. The van der Waals surface area contributed by atoms with Crippen LogP contribution in [-0.2, 0) is 11.2 Å². The predicted octanol–water partition coefficient (Wildman–Crippen LogP) is 4.61. The maximum absolute atomic E-state index is 12.7. The van der Waals surface area contributed by atoms with Crippen molar-refractivity contribution in [3.05, 3.63) is 65.0 Å². The summed E-state index contributed by atoms with van der Waals surface area (Å²) in [5.41, 5.74) is 4.43. The van der Waals surface area contributed by atoms with E-state index in [9.17, 15) is 4.79 Å². The molecule has 1 aromatic heterocycles. The maximum Gasteiger partial charge on any atom is 0.227 e. The molecule has 0 radical (unpaired) electrons. The van der Waals surface area contributed by atoms with E-state index in [0.717, 1.165) is 53.9 Å². The summed E-state index contributed by atoms with van der Waals surface area (Å²) >= 11 is 1.43. The lowest BCUT2D eigenvalue weighted by Crippen LogP contribution is -2.38. The smallest absolute Gasteiger partial charge is 0.227 e. The molecule has 4 rings (SSSR count). The fraction of sp³-hybridized carbons (Fsp3) is 0.375. The number of nitrogens with one attached hydrogen (secondary N) is 1. The van der Waals surface area contributed by atoms with Crippen LogP contribution >= 0.6 is 11.5 Å². The third-order valence-electron chi connectivity index (χ3n) is 5.86. The molecular weight excluding hydrogens is 408 g/mol. The molecule has 0 spiro atoms. The summed E-state index contributed by atoms with van der Waals surface area (Å²) in [6.45, 7) is 5.78. The number of nitrogens with zero attached hydrogens (tertiary/aromatic N) is 3. The van der Waals surface area contributed by atoms with Crippen LogP contribution in [0.25, 0.3) is 0 Å². The Morgan fingerprint density at radius 1 is 1.16 bits per heavy atom. The number of carbonyl (C=O) groups excluding carboxylic acids is 1. The summed E-state index contributed by atoms with van der Waals surface area (Å²) in [6, 6.07) is 14.0. The molecule has 2 heterocycles. The number of aromatic nitrogens is 2. The van der Waals surface area contributed by atoms with Crippen molar-refractivity contribution in [2.75, 3.05) is 30.4 Å². The summed E-state index contributed by atoms with van der Waals surface area (Å²) < 4.78 is 9.83. The molecule has 7 heteroatoms. The van der Waals surface area contributed by atoms with Crippen LogP contribution in [0.5, 0.6) is 5.75 Å². The predicted molar refractivity (Wildman–Crippen MR) is 125 cm³/mol. The zero-order chi connectivity index (χ0) is 21.8. The molecule has 1 aliphatic rings. The monoisotopic (exact) mass is 436 g/mol. The first-order chi connectivity index (χ1) is 15.0. The number of rotatable bonds is 6. The van der Waals surface area contributed by atoms with Crippen LogP contribution in [0.2, 0.25) is 0 Å². The summed E-state index contributed by atoms with van der Waals surface area (Å²) in [5.74, 6) is 1.80. The second-order valence-electron chi connectivity index (χ2n) is 8.07. The molecule has 0 atom stereocenters. The van der Waals surface area contributed by atoms with Gasteiger partial charge in [0.25, 0.3) is 0 Å². The van der Waals surface area contributed by atoms with E-state index in [2.05, 4.69) is 34.5 Å². The van der Waals surface area contributed by atoms with Gasteiger partial charge in [0.2, 0.25) is 11.0 Å². The Balaban J connectivity index is 1.31. The van der Waals surface area contributed by atoms with Gasteiger partial charge in [-0.1, -0.05) is 18.2 Å². The Bertz CT molecular complexity index is 1060. The van der Waals surface area contributed by atoms with Gasteiger partial charge in [-0.15, -0.1) is 0 Å². The zero-order valence-corrected chi connectivity index (χ0v) is 19.0. The molecular formula is C24H28N4O2S. The van der Waals surface area contributed by atoms with E-state index < -0.39 is 0 Å². The van der Waals surface area contributed by atoms with Crippen molar-refractivity contribution in [2.45, 2.75) is 33.1 Å². The average molecular weight is 437 g/mol. The number of amides is 1. The van der Waals surface area contributed by atoms with Gasteiger partial charge in [0.05, 0.1) is 7.11 Å². The molecule has 1 N–H and O–H groups in total. The van der Waals surface area contributed by atoms with E-state index in [-0.39, 0.29) is 11.8 Å². The largest absolute Gasteiger partial charge is 0.497 e. The van der Waals surface area contributed by atoms with Gasteiger partial charge < -0.3 is 15.0 Å². The lowest BCUT2D eigenvalue weighted by atomic mass is 9.96. The number of benzene rings is 2. The molecule has 0 unspecified atom stereocenters. The normalized spacial score (nSPS) is 14.5. The number of ether oxygens (including phenoxy) is 1. The van der Waals surface area contributed by atoms with Gasteiger partial charge in [0.1, 0.15) is 11.6 Å². The Morgan fingerprint density at radius 2 is 1.97 bits per heavy atom. The molecule has 0 bridgehead atoms. The number of carbonyl (C=O) groups is 1. The maximum atomic E-state index is 12.7. The van der Waals surface area contributed by atoms with Crippen LogP contribution in [-0.4, -0.2) is 35.5 Å². The number of aryl methyl sites for hydroxylation is 2. The quantitative estimate of drug-likeness (QED) is 0.611. The van der Waals surface area contributed by atoms with E-state index in [4.69, 9.17) is 9.72 Å². The SMILES string of the molecule is COc1cccc(Cc2nsc(N3CCC(C(=O)Nc4ccc(C)c(C)c4)CC3)n2)c1. The first kappa shape index (κ1) is 21.3. The molecule has 162 valence electrons. The number of piperidine rings is 1. The summed E-state index contributed by atoms with van der Waals surface area (Å²) in [6.07, 6.45) is 2.32. The lowest BCUT2D eigenvalue weighted by molar-refractivity contribution is -0.120. The average Bonchev–Trinajstić information content (AvgIpc) is 3.25. The van der Waals surface area contributed by atoms with Gasteiger partial charge in [-0.25, -0.2) is 4.98 Å². The van der Waals surface area contributed by atoms with Crippen LogP contribution < -0.4 is 15.0 Å². The van der Waals surface area contributed by atoms with Crippen LogP contribution in [0, 0.1) is 19.8 Å². The third-order valence-corrected chi connectivity index (χ3v) is 6.68. The second kappa shape index (κ2) is 9.47. The summed E-state index contributed by atoms with van der Waals surface area (Å²) in [7, 11) is 1.67. The molecule has 0 saturated carbocycles. The molecule has 1 saturated heterocycles. The molecule has 1 aliphatic heterocycles. The number of hydrogen-bond donors (Lipinski definition) is 1. The summed E-state index contributed by atoms with van der Waals surface area (Å²) in [5, 5.41) is 4.02. The minimum absolute atomic E-state index is 0.0297. The van der Waals surface area contributed by atoms with Crippen LogP contribution in [0.1, 0.15) is 35.4 Å². The van der Waals surface area contributed by atoms with Crippen molar-refractivity contribution in [3.63, 3.8) is 0 Å². The standard InChI is InChI=1S/C24H28N4O2S/c1-16-7-8-20(13-17(16)2)25-23(29)19-9-11-28(12-10-19)24-26-22(27-31-24)15-18-5-4-6-21(14-18)30-3/h4-8,13-14,19H,9-12,15H2,1-3H3,(H,25,29). The Labute approximate surface area is 187 Å². The topological polar surface area (TPSA) is 67.3 Å². The van der Waals surface area contributed by atoms with E-state index in [1.165, 1.54) is 22.7 Å². The minimum Gasteiger partial charge on any atom is -0.497 e. The van der Waals surface area contributed by atoms with Gasteiger partial charge in [0, 0.05) is 42.6 Å². The van der Waals surface area contributed by atoms with Crippen molar-refractivity contribution in [1.29, 1.82) is 0 Å². The van der Waals surface area contributed by atoms with Gasteiger partial charge >= 0.3 is 0 Å². The van der Waals surface area contributed by atoms with Crippen molar-refractivity contribution >= 4 is 28.3 Å². The Morgan fingerprint density at radius 3 is 2.71 bits per heavy atom. The van der Waals surface area contributed by atoms with Gasteiger partial charge in [0.15, 0.2) is 0 Å². The van der Waals surface area contributed by atoms with Gasteiger partial charge in [-0.2, -0.15) is 4.37 Å². The van der Waals surface area contributed by atoms with Gasteiger partial charge in [-0.3, -0.25) is 4.79 Å². The number of anilines is 2. The van der Waals surface area contributed by atoms with E-state index >= 15 is 0 Å². The first-order valence-corrected chi connectivity index (χ1v) is 11.4. The van der Waals surface area contributed by atoms with E-state index in [1.807, 2.05) is 36.4 Å². The Hall–Kier alpha value is -2.93. The zero-order valence-electron chi connectivity index (χ0n) is 18.2. The fourth-order valence-electron chi connectivity index (χ4n) is 3.81. The van der Waals surface area contributed by atoms with Crippen LogP contribution in [0.15, 0.2) is 42.5 Å². The minimum atomic E-state index is 0.0297. The van der Waals surface area contributed by atoms with Crippen molar-refractivity contribution < 1.29 is 9.53 Å². The highest BCUT2D eigenvalue weighted by molar-refractivity contribution is 7.09. The van der Waals surface area contributed by atoms with Gasteiger partial charge in [-0.05, 0) is 67.6 Å². The molecule has 0 aliphatic carbocycles. The second-order valence-corrected chi connectivity index (χ2v) is 8.80. The fourth-order valence-corrected chi connectivity index (χ4v) is 4.54. The van der Waals surface area contributed by atoms with E-state index in [0.29, 0.717) is 6.42 Å². The van der Waals surface area contributed by atoms with Crippen molar-refractivity contribution in [1.82, 2.24) is 9.36 Å². The lowest BCUT2D eigenvalue weighted by Gasteiger charge is -2.30. The summed E-state index contributed by atoms with van der Waals surface area (Å²) in [4.78, 5) is 19.7. The van der Waals surface area contributed by atoms with Crippen molar-refractivity contribution in [2.24, 2.45) is 5.92 Å². The Kier molecular flexibility index (Phi) is 6.51. The van der Waals surface area contributed by atoms with Crippen LogP contribution in [0.3, 0.4) is 0 Å². The van der Waals surface area contributed by atoms with Crippen LogP contribution in [0.4, 0.5) is 10.8 Å². The molecule has 1 fully saturated rings. The molecule has 3 aromatic rings. The molecule has 31 heavy (non-hydrogen) atoms. The highest BCUT2D eigenvalue weighted by Gasteiger charge is 2.26. The number of hydrogen-bond acceptors (Lipinski definition) is 6. The number of methoxy groups -OCH3 is 1. The van der Waals surface area contributed by atoms with E-state index in [1.54, 1.807) is 7.11 Å². The van der Waals surface area contributed by atoms with Crippen molar-refractivity contribution in [3.8, 4) is 5.75 Å².